The number of carbonyl (C=O) groups is 1. The van der Waals surface area contributed by atoms with Gasteiger partial charge in [-0.3, -0.25) is 19.4 Å². The van der Waals surface area contributed by atoms with Crippen molar-refractivity contribution in [2.75, 3.05) is 46.3 Å². The van der Waals surface area contributed by atoms with Gasteiger partial charge in [0.25, 0.3) is 0 Å². The van der Waals surface area contributed by atoms with Gasteiger partial charge in [0.05, 0.1) is 12.6 Å². The van der Waals surface area contributed by atoms with Gasteiger partial charge in [0.15, 0.2) is 5.96 Å². The number of hydrogen-bond acceptors (Lipinski definition) is 5. The summed E-state index contributed by atoms with van der Waals surface area (Å²) in [6.45, 7) is 7.91. The van der Waals surface area contributed by atoms with E-state index in [1.54, 1.807) is 18.1 Å². The molecule has 0 aromatic carbocycles. The normalized spacial score (nSPS) is 20.5. The Morgan fingerprint density at radius 1 is 1.19 bits per heavy atom. The minimum Gasteiger partial charge on any atom is -0.349 e. The number of carbonyl (C=O) groups excluding carboxylic acids is 1. The van der Waals surface area contributed by atoms with E-state index in [1.165, 1.54) is 0 Å². The summed E-state index contributed by atoms with van der Waals surface area (Å²) in [6.07, 6.45) is 3.83. The monoisotopic (exact) mass is 362 g/mol. The molecule has 3 heterocycles. The van der Waals surface area contributed by atoms with Crippen LogP contribution in [0.2, 0.25) is 0 Å². The van der Waals surface area contributed by atoms with Crippen LogP contribution >= 0.6 is 0 Å². The van der Waals surface area contributed by atoms with Crippen LogP contribution in [0.15, 0.2) is 11.3 Å². The molecule has 144 valence electrons. The molecule has 2 aliphatic heterocycles. The fraction of sp³-hybridized carbons (Fsp3) is 0.765. The Balaban J connectivity index is 1.48. The van der Waals surface area contributed by atoms with E-state index in [0.717, 1.165) is 63.9 Å². The molecule has 0 bridgehead atoms. The maximum absolute atomic E-state index is 12.6. The Bertz CT molecular complexity index is 628. The van der Waals surface area contributed by atoms with Crippen LogP contribution in [0, 0.1) is 0 Å². The third-order valence-corrected chi connectivity index (χ3v) is 5.36. The van der Waals surface area contributed by atoms with E-state index < -0.39 is 0 Å². The number of aliphatic imine (C=N–C) groups is 1. The van der Waals surface area contributed by atoms with Gasteiger partial charge in [-0.15, -0.1) is 0 Å². The summed E-state index contributed by atoms with van der Waals surface area (Å²) >= 11 is 0. The highest BCUT2D eigenvalue weighted by molar-refractivity contribution is 5.82. The lowest BCUT2D eigenvalue weighted by Crippen LogP contribution is -2.57. The molecule has 1 unspecified atom stereocenters. The van der Waals surface area contributed by atoms with E-state index in [-0.39, 0.29) is 11.9 Å². The Kier molecular flexibility index (Phi) is 6.08. The lowest BCUT2D eigenvalue weighted by molar-refractivity contribution is -0.135. The average molecular weight is 362 g/mol. The van der Waals surface area contributed by atoms with Crippen LogP contribution in [0.3, 0.4) is 0 Å². The van der Waals surface area contributed by atoms with E-state index >= 15 is 0 Å². The van der Waals surface area contributed by atoms with Gasteiger partial charge >= 0.3 is 0 Å². The molecular formula is C17H30N8O. The lowest BCUT2D eigenvalue weighted by atomic mass is 10.2. The summed E-state index contributed by atoms with van der Waals surface area (Å²) in [7, 11) is 3.68. The zero-order valence-electron chi connectivity index (χ0n) is 16.1. The van der Waals surface area contributed by atoms with Crippen molar-refractivity contribution >= 4 is 11.9 Å². The number of hydrogen-bond donors (Lipinski definition) is 1. The lowest BCUT2D eigenvalue weighted by Gasteiger charge is -2.39. The zero-order valence-corrected chi connectivity index (χ0v) is 16.1. The minimum atomic E-state index is -0.0381. The van der Waals surface area contributed by atoms with Crippen LogP contribution in [-0.2, 0) is 18.4 Å². The summed E-state index contributed by atoms with van der Waals surface area (Å²) in [5, 5.41) is 7.43. The molecule has 2 fully saturated rings. The van der Waals surface area contributed by atoms with E-state index in [0.29, 0.717) is 6.54 Å². The van der Waals surface area contributed by atoms with Gasteiger partial charge in [-0.2, -0.15) is 5.10 Å². The Morgan fingerprint density at radius 3 is 2.46 bits per heavy atom. The predicted octanol–water partition coefficient (Wildman–Crippen LogP) is -0.481. The van der Waals surface area contributed by atoms with Crippen LogP contribution in [0.4, 0.5) is 0 Å². The largest absolute Gasteiger partial charge is 0.349 e. The fourth-order valence-electron chi connectivity index (χ4n) is 3.65. The van der Waals surface area contributed by atoms with E-state index in [1.807, 2.05) is 18.9 Å². The number of nitrogens with zero attached hydrogens (tertiary/aromatic N) is 7. The number of rotatable bonds is 4. The van der Waals surface area contributed by atoms with Gasteiger partial charge in [0.1, 0.15) is 12.2 Å². The minimum absolute atomic E-state index is 0.0381. The molecule has 0 radical (unpaired) electrons. The highest BCUT2D eigenvalue weighted by Crippen LogP contribution is 2.14. The number of likely N-dealkylation sites (tertiary alicyclic amines) is 1. The van der Waals surface area contributed by atoms with E-state index in [9.17, 15) is 4.79 Å². The number of piperazine rings is 1. The van der Waals surface area contributed by atoms with Crippen LogP contribution in [-0.4, -0.2) is 93.7 Å². The summed E-state index contributed by atoms with van der Waals surface area (Å²) < 4.78 is 1.75. The van der Waals surface area contributed by atoms with Crippen molar-refractivity contribution in [2.24, 2.45) is 12.0 Å². The van der Waals surface area contributed by atoms with Gasteiger partial charge in [-0.05, 0) is 19.8 Å². The Labute approximate surface area is 155 Å². The molecule has 1 N–H and O–H groups in total. The second-order valence-electron chi connectivity index (χ2n) is 6.93. The summed E-state index contributed by atoms with van der Waals surface area (Å²) in [4.78, 5) is 27.7. The maximum atomic E-state index is 12.6. The first-order valence-electron chi connectivity index (χ1n) is 9.41. The van der Waals surface area contributed by atoms with Crippen molar-refractivity contribution < 1.29 is 4.79 Å². The van der Waals surface area contributed by atoms with Crippen molar-refractivity contribution in [1.82, 2.24) is 34.8 Å². The molecule has 3 rings (SSSR count). The molecule has 26 heavy (non-hydrogen) atoms. The first-order chi connectivity index (χ1) is 12.6. The fourth-order valence-corrected chi connectivity index (χ4v) is 3.65. The molecule has 0 saturated carbocycles. The first kappa shape index (κ1) is 18.6. The van der Waals surface area contributed by atoms with Crippen LogP contribution < -0.4 is 5.32 Å². The van der Waals surface area contributed by atoms with Crippen molar-refractivity contribution in [3.8, 4) is 0 Å². The van der Waals surface area contributed by atoms with Crippen LogP contribution in [0.5, 0.6) is 0 Å². The average Bonchev–Trinajstić information content (AvgIpc) is 3.34. The van der Waals surface area contributed by atoms with Gasteiger partial charge in [-0.1, -0.05) is 0 Å². The molecule has 0 aliphatic carbocycles. The van der Waals surface area contributed by atoms with Crippen molar-refractivity contribution in [3.05, 3.63) is 12.2 Å². The molecule has 0 spiro atoms. The molecule has 9 nitrogen and oxygen atoms in total. The molecule has 1 aromatic heterocycles. The number of aryl methyl sites for hydroxylation is 1. The second kappa shape index (κ2) is 8.48. The van der Waals surface area contributed by atoms with E-state index in [4.69, 9.17) is 0 Å². The van der Waals surface area contributed by atoms with Gasteiger partial charge in [-0.25, -0.2) is 4.98 Å². The SMILES string of the molecule is CN=C(NCc1ncnn1C)N1CCN(C(C)C(=O)N2CCCC2)CC1. The quantitative estimate of drug-likeness (QED) is 0.575. The third-order valence-electron chi connectivity index (χ3n) is 5.36. The van der Waals surface area contributed by atoms with Crippen LogP contribution in [0.1, 0.15) is 25.6 Å². The molecule has 1 atom stereocenters. The van der Waals surface area contributed by atoms with Gasteiger partial charge in [0, 0.05) is 53.4 Å². The second-order valence-corrected chi connectivity index (χ2v) is 6.93. The van der Waals surface area contributed by atoms with Crippen LogP contribution in [0.25, 0.3) is 0 Å². The van der Waals surface area contributed by atoms with Crippen molar-refractivity contribution in [2.45, 2.75) is 32.4 Å². The predicted molar refractivity (Wildman–Crippen MR) is 99.6 cm³/mol. The number of nitrogens with one attached hydrogen (secondary N) is 1. The molecule has 9 heteroatoms. The molecule has 1 amide bonds. The molecular weight excluding hydrogens is 332 g/mol. The standard InChI is InChI=1S/C17H30N8O/c1-14(16(26)24-6-4-5-7-24)23-8-10-25(11-9-23)17(18-2)19-12-15-20-13-21-22(15)3/h13-14H,4-12H2,1-3H3,(H,18,19). The van der Waals surface area contributed by atoms with Gasteiger partial charge in [0.2, 0.25) is 5.91 Å². The highest BCUT2D eigenvalue weighted by Gasteiger charge is 2.30. The number of aromatic nitrogens is 3. The molecule has 1 aromatic rings. The van der Waals surface area contributed by atoms with Gasteiger partial charge < -0.3 is 15.1 Å². The highest BCUT2D eigenvalue weighted by atomic mass is 16.2. The summed E-state index contributed by atoms with van der Waals surface area (Å²) in [5.41, 5.74) is 0. The number of guanidine groups is 1. The smallest absolute Gasteiger partial charge is 0.239 e. The topological polar surface area (TPSA) is 81.9 Å². The van der Waals surface area contributed by atoms with Crippen molar-refractivity contribution in [3.63, 3.8) is 0 Å². The molecule has 2 aliphatic rings. The third kappa shape index (κ3) is 4.14. The zero-order chi connectivity index (χ0) is 18.5. The molecule has 2 saturated heterocycles. The Morgan fingerprint density at radius 2 is 1.88 bits per heavy atom. The van der Waals surface area contributed by atoms with E-state index in [2.05, 4.69) is 30.2 Å². The summed E-state index contributed by atoms with van der Waals surface area (Å²) in [5.74, 6) is 2.02. The summed E-state index contributed by atoms with van der Waals surface area (Å²) in [6, 6.07) is -0.0381. The Hall–Kier alpha value is -2.16. The maximum Gasteiger partial charge on any atom is 0.239 e. The first-order valence-corrected chi connectivity index (χ1v) is 9.41. The van der Waals surface area contributed by atoms with Crippen molar-refractivity contribution in [1.29, 1.82) is 0 Å². The number of amides is 1.